The Bertz CT molecular complexity index is 1580. The molecule has 0 amide bonds. The molecule has 3 heteroatoms. The number of nitrogens with zero attached hydrogens (tertiary/aromatic N) is 1. The van der Waals surface area contributed by atoms with E-state index in [4.69, 9.17) is 0 Å². The summed E-state index contributed by atoms with van der Waals surface area (Å²) in [6, 6.07) is 41.0. The normalized spacial score (nSPS) is 10.6. The largest absolute Gasteiger partial charge is 0.393 e. The maximum absolute atomic E-state index is 3.61. The second kappa shape index (κ2) is 10.4. The monoisotopic (exact) mass is 469 g/mol. The lowest BCUT2D eigenvalue weighted by atomic mass is 9.90. The molecule has 36 heavy (non-hydrogen) atoms. The molecule has 5 rings (SSSR count). The van der Waals surface area contributed by atoms with Crippen LogP contribution >= 0.6 is 0 Å². The number of rotatable bonds is 6. The number of hydrogen-bond donors (Lipinski definition) is 2. The Morgan fingerprint density at radius 1 is 0.667 bits per heavy atom. The summed E-state index contributed by atoms with van der Waals surface area (Å²) < 4.78 is 0. The van der Waals surface area contributed by atoms with Crippen molar-refractivity contribution >= 4 is 39.6 Å². The van der Waals surface area contributed by atoms with Gasteiger partial charge in [0, 0.05) is 49.8 Å². The smallest absolute Gasteiger partial charge is 0.0464 e. The number of hydrogen-bond acceptors (Lipinski definition) is 3. The summed E-state index contributed by atoms with van der Waals surface area (Å²) in [7, 11) is 6.07. The predicted molar refractivity (Wildman–Crippen MR) is 155 cm³/mol. The van der Waals surface area contributed by atoms with E-state index in [9.17, 15) is 0 Å². The number of fused-ring (bicyclic) bond motifs is 1. The minimum absolute atomic E-state index is 1.08. The van der Waals surface area contributed by atoms with Crippen LogP contribution in [0.2, 0.25) is 0 Å². The molecule has 2 N–H and O–H groups in total. The third-order valence-electron chi connectivity index (χ3n) is 6.43. The summed E-state index contributed by atoms with van der Waals surface area (Å²) in [5.74, 6) is 0. The summed E-state index contributed by atoms with van der Waals surface area (Å²) >= 11 is 0. The highest BCUT2D eigenvalue weighted by Crippen LogP contribution is 2.34. The van der Waals surface area contributed by atoms with Crippen molar-refractivity contribution in [3.05, 3.63) is 137 Å². The van der Waals surface area contributed by atoms with E-state index in [0.717, 1.165) is 16.6 Å². The van der Waals surface area contributed by atoms with Crippen molar-refractivity contribution in [3.8, 4) is 0 Å². The van der Waals surface area contributed by atoms with Crippen molar-refractivity contribution in [2.75, 3.05) is 31.4 Å². The van der Waals surface area contributed by atoms with Gasteiger partial charge in [-0.3, -0.25) is 0 Å². The molecule has 0 unspecified atom stereocenters. The minimum atomic E-state index is 1.08. The summed E-state index contributed by atoms with van der Waals surface area (Å²) in [5.41, 5.74) is 6.99. The lowest BCUT2D eigenvalue weighted by Gasteiger charge is -2.17. The van der Waals surface area contributed by atoms with Crippen LogP contribution in [0.25, 0.3) is 22.5 Å². The van der Waals surface area contributed by atoms with Crippen molar-refractivity contribution in [2.24, 2.45) is 0 Å². The van der Waals surface area contributed by atoms with Crippen molar-refractivity contribution in [1.82, 2.24) is 5.32 Å². The van der Waals surface area contributed by atoms with E-state index in [2.05, 4.69) is 139 Å². The molecule has 0 aliphatic carbocycles. The minimum Gasteiger partial charge on any atom is -0.393 e. The lowest BCUT2D eigenvalue weighted by Crippen LogP contribution is -2.14. The highest BCUT2D eigenvalue weighted by molar-refractivity contribution is 6.04. The molecule has 178 valence electrons. The van der Waals surface area contributed by atoms with E-state index in [1.807, 2.05) is 19.3 Å². The van der Waals surface area contributed by atoms with Gasteiger partial charge in [-0.15, -0.1) is 0 Å². The molecule has 0 atom stereocenters. The Morgan fingerprint density at radius 3 is 2.00 bits per heavy atom. The Hall–Kier alpha value is -4.50. The summed E-state index contributed by atoms with van der Waals surface area (Å²) in [5, 5.41) is 11.5. The topological polar surface area (TPSA) is 27.3 Å². The highest BCUT2D eigenvalue weighted by atomic mass is 15.1. The molecule has 5 aromatic carbocycles. The van der Waals surface area contributed by atoms with Crippen molar-refractivity contribution in [3.63, 3.8) is 0 Å². The molecule has 0 aliphatic heterocycles. The van der Waals surface area contributed by atoms with Gasteiger partial charge < -0.3 is 15.5 Å². The van der Waals surface area contributed by atoms with Crippen LogP contribution in [0.3, 0.4) is 0 Å². The van der Waals surface area contributed by atoms with E-state index >= 15 is 0 Å². The predicted octanol–water partition coefficient (Wildman–Crippen LogP) is 5.85. The standard InChI is InChI=1S/C33H31N3/c1-34-23-24-13-15-25(16-14-24)33(26-17-19-28(20-18-26)36(2)3)31-21-22-32(30-12-8-7-11-29(30)31)35-27-9-5-4-6-10-27/h4-23,34-35H,1-3H3. The van der Waals surface area contributed by atoms with Crippen LogP contribution in [0.4, 0.5) is 17.1 Å². The number of para-hydroxylation sites is 1. The zero-order valence-corrected chi connectivity index (χ0v) is 21.0. The van der Waals surface area contributed by atoms with Crippen molar-refractivity contribution in [1.29, 1.82) is 0 Å². The molecular formula is C33H31N3. The van der Waals surface area contributed by atoms with E-state index in [-0.39, 0.29) is 0 Å². The second-order valence-corrected chi connectivity index (χ2v) is 9.07. The van der Waals surface area contributed by atoms with Crippen LogP contribution in [0.5, 0.6) is 0 Å². The van der Waals surface area contributed by atoms with Crippen LogP contribution < -0.4 is 26.0 Å². The fourth-order valence-electron chi connectivity index (χ4n) is 4.62. The fraction of sp³-hybridized carbons (Fsp3) is 0.0909. The van der Waals surface area contributed by atoms with Crippen LogP contribution in [0.1, 0.15) is 11.1 Å². The molecule has 0 spiro atoms. The SMILES string of the molecule is CNC=c1ccc(=C(c2ccc(N(C)C)cc2)c2ccc(Nc3ccccc3)c3ccccc23)cc1. The average Bonchev–Trinajstić information content (AvgIpc) is 2.92. The second-order valence-electron chi connectivity index (χ2n) is 9.07. The summed E-state index contributed by atoms with van der Waals surface area (Å²) in [6.07, 6.45) is 2.01. The molecule has 5 aromatic rings. The van der Waals surface area contributed by atoms with Gasteiger partial charge in [0.25, 0.3) is 0 Å². The van der Waals surface area contributed by atoms with Gasteiger partial charge in [0.1, 0.15) is 0 Å². The number of benzene rings is 5. The molecule has 0 bridgehead atoms. The van der Waals surface area contributed by atoms with Crippen LogP contribution in [0.15, 0.2) is 115 Å². The molecular weight excluding hydrogens is 438 g/mol. The maximum Gasteiger partial charge on any atom is 0.0464 e. The number of anilines is 3. The summed E-state index contributed by atoms with van der Waals surface area (Å²) in [4.78, 5) is 2.13. The molecule has 3 nitrogen and oxygen atoms in total. The van der Waals surface area contributed by atoms with Gasteiger partial charge in [0.15, 0.2) is 0 Å². The molecule has 0 saturated heterocycles. The van der Waals surface area contributed by atoms with Gasteiger partial charge in [0.05, 0.1) is 0 Å². The van der Waals surface area contributed by atoms with Gasteiger partial charge in [-0.2, -0.15) is 0 Å². The number of nitrogens with one attached hydrogen (secondary N) is 2. The van der Waals surface area contributed by atoms with Gasteiger partial charge in [-0.25, -0.2) is 0 Å². The Kier molecular flexibility index (Phi) is 6.72. The van der Waals surface area contributed by atoms with E-state index < -0.39 is 0 Å². The zero-order valence-electron chi connectivity index (χ0n) is 21.0. The lowest BCUT2D eigenvalue weighted by molar-refractivity contribution is 1.13. The van der Waals surface area contributed by atoms with E-state index in [1.54, 1.807) is 0 Å². The highest BCUT2D eigenvalue weighted by Gasteiger charge is 2.13. The third-order valence-corrected chi connectivity index (χ3v) is 6.43. The Morgan fingerprint density at radius 2 is 1.33 bits per heavy atom. The first-order chi connectivity index (χ1) is 17.6. The third kappa shape index (κ3) is 4.82. The van der Waals surface area contributed by atoms with Gasteiger partial charge in [-0.05, 0) is 62.9 Å². The van der Waals surface area contributed by atoms with Crippen LogP contribution in [-0.2, 0) is 0 Å². The molecule has 0 radical (unpaired) electrons. The molecule has 0 heterocycles. The van der Waals surface area contributed by atoms with Gasteiger partial charge >= 0.3 is 0 Å². The first-order valence-electron chi connectivity index (χ1n) is 12.2. The van der Waals surface area contributed by atoms with Gasteiger partial charge in [-0.1, -0.05) is 84.9 Å². The molecule has 0 aromatic heterocycles. The molecule has 0 fully saturated rings. The fourth-order valence-corrected chi connectivity index (χ4v) is 4.62. The van der Waals surface area contributed by atoms with Crippen molar-refractivity contribution in [2.45, 2.75) is 0 Å². The Balaban J connectivity index is 1.74. The van der Waals surface area contributed by atoms with E-state index in [0.29, 0.717) is 0 Å². The van der Waals surface area contributed by atoms with Crippen LogP contribution in [-0.4, -0.2) is 21.1 Å². The average molecular weight is 470 g/mol. The van der Waals surface area contributed by atoms with E-state index in [1.165, 1.54) is 38.4 Å². The van der Waals surface area contributed by atoms with Crippen molar-refractivity contribution < 1.29 is 0 Å². The molecule has 0 saturated carbocycles. The Labute approximate surface area is 213 Å². The first kappa shape index (κ1) is 23.3. The van der Waals surface area contributed by atoms with Crippen LogP contribution in [0, 0.1) is 0 Å². The maximum atomic E-state index is 3.61. The zero-order chi connectivity index (χ0) is 24.9. The molecule has 0 aliphatic rings. The summed E-state index contributed by atoms with van der Waals surface area (Å²) in [6.45, 7) is 0. The first-order valence-corrected chi connectivity index (χ1v) is 12.2. The van der Waals surface area contributed by atoms with Gasteiger partial charge in [0.2, 0.25) is 0 Å². The quantitative estimate of drug-likeness (QED) is 0.326.